The van der Waals surface area contributed by atoms with Crippen LogP contribution in [0.5, 0.6) is 0 Å². The fraction of sp³-hybridized carbons (Fsp3) is 0.167. The number of amides is 1. The zero-order valence-electron chi connectivity index (χ0n) is 17.3. The monoisotopic (exact) mass is 517 g/mol. The van der Waals surface area contributed by atoms with E-state index in [9.17, 15) is 4.79 Å². The second-order valence-corrected chi connectivity index (χ2v) is 9.88. The predicted octanol–water partition coefficient (Wildman–Crippen LogP) is 6.70. The van der Waals surface area contributed by atoms with Crippen molar-refractivity contribution in [3.63, 3.8) is 0 Å². The van der Waals surface area contributed by atoms with Gasteiger partial charge < -0.3 is 14.2 Å². The van der Waals surface area contributed by atoms with Crippen LogP contribution < -0.4 is 4.90 Å². The molecule has 2 aliphatic rings. The number of aliphatic imine (C=N–C) groups is 1. The van der Waals surface area contributed by atoms with Crippen LogP contribution in [0.1, 0.15) is 5.76 Å². The summed E-state index contributed by atoms with van der Waals surface area (Å²) in [5.41, 5.74) is 1.81. The average Bonchev–Trinajstić information content (AvgIpc) is 3.42. The second kappa shape index (κ2) is 9.47. The van der Waals surface area contributed by atoms with Crippen molar-refractivity contribution in [1.82, 2.24) is 4.90 Å². The highest BCUT2D eigenvalue weighted by molar-refractivity contribution is 8.18. The van der Waals surface area contributed by atoms with Crippen LogP contribution in [0.4, 0.5) is 5.69 Å². The highest BCUT2D eigenvalue weighted by Gasteiger charge is 2.29. The van der Waals surface area contributed by atoms with Crippen molar-refractivity contribution in [3.05, 3.63) is 80.3 Å². The van der Waals surface area contributed by atoms with Crippen molar-refractivity contribution >= 4 is 69.4 Å². The van der Waals surface area contributed by atoms with Gasteiger partial charge in [-0.05, 0) is 60.3 Å². The number of thioether (sulfide) groups is 1. The quantitative estimate of drug-likeness (QED) is 0.361. The Hall–Kier alpha value is -2.38. The number of piperazine rings is 1. The summed E-state index contributed by atoms with van der Waals surface area (Å²) in [7, 11) is 0. The summed E-state index contributed by atoms with van der Waals surface area (Å²) in [6.07, 6.45) is 1.72. The molecular weight excluding hydrogens is 501 g/mol. The number of rotatable bonds is 3. The second-order valence-electron chi connectivity index (χ2n) is 7.59. The highest BCUT2D eigenvalue weighted by Crippen LogP contribution is 2.35. The molecule has 0 N–H and O–H groups in total. The van der Waals surface area contributed by atoms with E-state index in [4.69, 9.17) is 39.2 Å². The largest absolute Gasteiger partial charge is 0.457 e. The molecule has 9 heteroatoms. The molecule has 5 rings (SSSR count). The number of anilines is 1. The molecule has 0 unspecified atom stereocenters. The minimum absolute atomic E-state index is 0.258. The third-order valence-corrected chi connectivity index (χ3v) is 7.27. The molecule has 3 heterocycles. The molecule has 0 radical (unpaired) electrons. The Morgan fingerprint density at radius 1 is 0.909 bits per heavy atom. The first-order valence-electron chi connectivity index (χ1n) is 10.3. The van der Waals surface area contributed by atoms with Crippen LogP contribution in [-0.2, 0) is 4.79 Å². The Morgan fingerprint density at radius 2 is 1.67 bits per heavy atom. The Morgan fingerprint density at radius 3 is 2.45 bits per heavy atom. The van der Waals surface area contributed by atoms with Crippen molar-refractivity contribution in [2.24, 2.45) is 4.99 Å². The van der Waals surface area contributed by atoms with Crippen LogP contribution in [0, 0.1) is 0 Å². The SMILES string of the molecule is O=C1N=C(N2CCN(c3cccc(Cl)c3)CC2)SC1=Cc1ccc(-c2cc(Cl)ccc2Cl)o1. The minimum Gasteiger partial charge on any atom is -0.457 e. The number of carbonyl (C=O) groups is 1. The summed E-state index contributed by atoms with van der Waals surface area (Å²) < 4.78 is 5.90. The molecule has 1 saturated heterocycles. The van der Waals surface area contributed by atoms with Gasteiger partial charge >= 0.3 is 0 Å². The molecule has 5 nitrogen and oxygen atoms in total. The van der Waals surface area contributed by atoms with E-state index < -0.39 is 0 Å². The minimum atomic E-state index is -0.258. The van der Waals surface area contributed by atoms with E-state index in [1.165, 1.54) is 11.8 Å². The number of carbonyl (C=O) groups excluding carboxylic acids is 1. The fourth-order valence-electron chi connectivity index (χ4n) is 3.75. The normalized spacial score (nSPS) is 17.7. The number of hydrogen-bond donors (Lipinski definition) is 0. The number of halogens is 3. The summed E-state index contributed by atoms with van der Waals surface area (Å²) in [6, 6.07) is 16.7. The zero-order valence-corrected chi connectivity index (χ0v) is 20.4. The average molecular weight is 519 g/mol. The molecule has 0 saturated carbocycles. The molecule has 0 atom stereocenters. The summed E-state index contributed by atoms with van der Waals surface area (Å²) in [5.74, 6) is 0.883. The Kier molecular flexibility index (Phi) is 6.43. The molecule has 1 aromatic heterocycles. The van der Waals surface area contributed by atoms with Crippen LogP contribution in [0.3, 0.4) is 0 Å². The van der Waals surface area contributed by atoms with Gasteiger partial charge in [0.1, 0.15) is 11.5 Å². The predicted molar refractivity (Wildman–Crippen MR) is 137 cm³/mol. The van der Waals surface area contributed by atoms with Gasteiger partial charge in [-0.1, -0.05) is 40.9 Å². The van der Waals surface area contributed by atoms with Gasteiger partial charge in [0.2, 0.25) is 0 Å². The van der Waals surface area contributed by atoms with E-state index in [0.29, 0.717) is 32.0 Å². The summed E-state index contributed by atoms with van der Waals surface area (Å²) in [5, 5.41) is 2.56. The molecule has 0 aliphatic carbocycles. The molecule has 33 heavy (non-hydrogen) atoms. The first-order valence-corrected chi connectivity index (χ1v) is 12.2. The third kappa shape index (κ3) is 4.94. The van der Waals surface area contributed by atoms with Gasteiger partial charge in [0, 0.05) is 53.6 Å². The lowest BCUT2D eigenvalue weighted by Crippen LogP contribution is -2.47. The molecule has 2 aromatic carbocycles. The van der Waals surface area contributed by atoms with Gasteiger partial charge in [0.15, 0.2) is 5.17 Å². The fourth-order valence-corrected chi connectivity index (χ4v) is 5.26. The van der Waals surface area contributed by atoms with Crippen LogP contribution >= 0.6 is 46.6 Å². The number of hydrogen-bond acceptors (Lipinski definition) is 5. The maximum atomic E-state index is 12.5. The van der Waals surface area contributed by atoms with E-state index >= 15 is 0 Å². The van der Waals surface area contributed by atoms with Crippen LogP contribution in [0.25, 0.3) is 17.4 Å². The summed E-state index contributed by atoms with van der Waals surface area (Å²) in [6.45, 7) is 3.21. The van der Waals surface area contributed by atoms with Gasteiger partial charge in [-0.25, -0.2) is 0 Å². The lowest BCUT2D eigenvalue weighted by Gasteiger charge is -2.36. The molecule has 3 aromatic rings. The molecule has 2 aliphatic heterocycles. The van der Waals surface area contributed by atoms with Crippen LogP contribution in [-0.4, -0.2) is 42.2 Å². The first kappa shape index (κ1) is 22.4. The standard InChI is InChI=1S/C24H18Cl3N3O2S/c25-15-2-1-3-17(12-15)29-8-10-30(11-9-29)24-28-23(31)22(33-24)14-18-5-7-21(32-18)19-13-16(26)4-6-20(19)27/h1-7,12-14H,8-11H2. The van der Waals surface area contributed by atoms with E-state index in [1.54, 1.807) is 30.3 Å². The van der Waals surface area contributed by atoms with E-state index in [-0.39, 0.29) is 5.91 Å². The van der Waals surface area contributed by atoms with Gasteiger partial charge in [-0.2, -0.15) is 4.99 Å². The number of nitrogens with zero attached hydrogens (tertiary/aromatic N) is 3. The molecule has 168 valence electrons. The van der Waals surface area contributed by atoms with Crippen LogP contribution in [0.15, 0.2) is 68.9 Å². The van der Waals surface area contributed by atoms with Gasteiger partial charge in [-0.3, -0.25) is 4.79 Å². The van der Waals surface area contributed by atoms with Crippen molar-refractivity contribution in [2.45, 2.75) is 0 Å². The van der Waals surface area contributed by atoms with Crippen molar-refractivity contribution in [2.75, 3.05) is 31.1 Å². The lowest BCUT2D eigenvalue weighted by molar-refractivity contribution is -0.113. The molecule has 1 amide bonds. The van der Waals surface area contributed by atoms with Crippen molar-refractivity contribution < 1.29 is 9.21 Å². The first-order chi connectivity index (χ1) is 16.0. The molecule has 0 spiro atoms. The zero-order chi connectivity index (χ0) is 22.9. The Labute approximate surface area is 210 Å². The van der Waals surface area contributed by atoms with Crippen LogP contribution in [0.2, 0.25) is 15.1 Å². The molecule has 1 fully saturated rings. The Bertz CT molecular complexity index is 1280. The summed E-state index contributed by atoms with van der Waals surface area (Å²) in [4.78, 5) is 21.7. The Balaban J connectivity index is 1.25. The van der Waals surface area contributed by atoms with E-state index in [2.05, 4.69) is 20.9 Å². The lowest BCUT2D eigenvalue weighted by atomic mass is 10.2. The van der Waals surface area contributed by atoms with Gasteiger partial charge in [-0.15, -0.1) is 0 Å². The topological polar surface area (TPSA) is 49.1 Å². The number of benzene rings is 2. The maximum Gasteiger partial charge on any atom is 0.286 e. The molecule has 0 bridgehead atoms. The van der Waals surface area contributed by atoms with Crippen molar-refractivity contribution in [3.8, 4) is 11.3 Å². The summed E-state index contributed by atoms with van der Waals surface area (Å²) >= 11 is 19.8. The van der Waals surface area contributed by atoms with E-state index in [1.807, 2.05) is 24.3 Å². The smallest absolute Gasteiger partial charge is 0.286 e. The van der Waals surface area contributed by atoms with Gasteiger partial charge in [0.25, 0.3) is 5.91 Å². The maximum absolute atomic E-state index is 12.5. The van der Waals surface area contributed by atoms with Crippen molar-refractivity contribution in [1.29, 1.82) is 0 Å². The highest BCUT2D eigenvalue weighted by atomic mass is 35.5. The molecular formula is C24H18Cl3N3O2S. The van der Waals surface area contributed by atoms with Gasteiger partial charge in [0.05, 0.1) is 9.93 Å². The number of furan rings is 1. The van der Waals surface area contributed by atoms with E-state index in [0.717, 1.165) is 42.1 Å². The third-order valence-electron chi connectivity index (χ3n) is 5.43. The number of amidine groups is 1.